The molecule has 15 heavy (non-hydrogen) atoms. The highest BCUT2D eigenvalue weighted by Gasteiger charge is 2.29. The third-order valence-electron chi connectivity index (χ3n) is 1.73. The highest BCUT2D eigenvalue weighted by atomic mass is 19.4. The number of anilines is 1. The average molecular weight is 219 g/mol. The Morgan fingerprint density at radius 1 is 1.40 bits per heavy atom. The Hall–Kier alpha value is -1.30. The zero-order valence-electron chi connectivity index (χ0n) is 8.25. The van der Waals surface area contributed by atoms with Crippen LogP contribution in [0.3, 0.4) is 0 Å². The van der Waals surface area contributed by atoms with Crippen molar-refractivity contribution in [3.05, 3.63) is 24.0 Å². The molecule has 0 saturated carbocycles. The van der Waals surface area contributed by atoms with Crippen LogP contribution in [0.1, 0.15) is 5.69 Å². The summed E-state index contributed by atoms with van der Waals surface area (Å²) in [6.45, 7) is -0.793. The second-order valence-electron chi connectivity index (χ2n) is 3.37. The van der Waals surface area contributed by atoms with Crippen LogP contribution in [0, 0.1) is 0 Å². The van der Waals surface area contributed by atoms with Crippen LogP contribution in [0.15, 0.2) is 18.3 Å². The number of hydrogen-bond acceptors (Lipinski definition) is 3. The standard InChI is InChI=1S/C9H12F3N3/c1-15(6-9(10,11)12)5-8-3-2-7(13)4-14-8/h2-4H,5-6,13H2,1H3. The van der Waals surface area contributed by atoms with Crippen LogP contribution in [-0.4, -0.2) is 29.7 Å². The fourth-order valence-corrected chi connectivity index (χ4v) is 1.17. The summed E-state index contributed by atoms with van der Waals surface area (Å²) >= 11 is 0. The van der Waals surface area contributed by atoms with Crippen molar-refractivity contribution in [2.24, 2.45) is 0 Å². The van der Waals surface area contributed by atoms with Gasteiger partial charge in [-0.1, -0.05) is 0 Å². The van der Waals surface area contributed by atoms with Gasteiger partial charge in [0.15, 0.2) is 0 Å². The second kappa shape index (κ2) is 4.48. The third kappa shape index (κ3) is 4.64. The molecule has 84 valence electrons. The van der Waals surface area contributed by atoms with Gasteiger partial charge in [0.2, 0.25) is 0 Å². The summed E-state index contributed by atoms with van der Waals surface area (Å²) in [5.74, 6) is 0. The smallest absolute Gasteiger partial charge is 0.397 e. The predicted octanol–water partition coefficient (Wildman–Crippen LogP) is 1.66. The minimum absolute atomic E-state index is 0.153. The molecule has 0 atom stereocenters. The normalized spacial score (nSPS) is 12.1. The van der Waals surface area contributed by atoms with Crippen LogP contribution < -0.4 is 5.73 Å². The van der Waals surface area contributed by atoms with E-state index in [1.54, 1.807) is 12.1 Å². The maximum absolute atomic E-state index is 12.0. The number of aromatic nitrogens is 1. The topological polar surface area (TPSA) is 42.1 Å². The van der Waals surface area contributed by atoms with Crippen molar-refractivity contribution in [2.75, 3.05) is 19.3 Å². The van der Waals surface area contributed by atoms with E-state index in [9.17, 15) is 13.2 Å². The molecule has 0 unspecified atom stereocenters. The van der Waals surface area contributed by atoms with E-state index in [2.05, 4.69) is 4.98 Å². The van der Waals surface area contributed by atoms with E-state index in [-0.39, 0.29) is 6.54 Å². The molecule has 1 aromatic heterocycles. The molecule has 0 fully saturated rings. The molecule has 0 aliphatic heterocycles. The number of alkyl halides is 3. The van der Waals surface area contributed by atoms with Crippen LogP contribution in [0.25, 0.3) is 0 Å². The monoisotopic (exact) mass is 219 g/mol. The van der Waals surface area contributed by atoms with Gasteiger partial charge < -0.3 is 5.73 Å². The zero-order valence-corrected chi connectivity index (χ0v) is 8.25. The van der Waals surface area contributed by atoms with Crippen LogP contribution >= 0.6 is 0 Å². The molecule has 3 nitrogen and oxygen atoms in total. The summed E-state index contributed by atoms with van der Waals surface area (Å²) in [6, 6.07) is 3.23. The molecular weight excluding hydrogens is 207 g/mol. The minimum Gasteiger partial charge on any atom is -0.397 e. The largest absolute Gasteiger partial charge is 0.401 e. The van der Waals surface area contributed by atoms with Gasteiger partial charge in [-0.15, -0.1) is 0 Å². The number of nitrogen functional groups attached to an aromatic ring is 1. The van der Waals surface area contributed by atoms with Gasteiger partial charge in [0.05, 0.1) is 24.1 Å². The first-order chi connectivity index (χ1) is 6.87. The number of nitrogens with two attached hydrogens (primary N) is 1. The van der Waals surface area contributed by atoms with Gasteiger partial charge >= 0.3 is 6.18 Å². The molecular formula is C9H12F3N3. The Morgan fingerprint density at radius 3 is 2.53 bits per heavy atom. The fourth-order valence-electron chi connectivity index (χ4n) is 1.17. The lowest BCUT2D eigenvalue weighted by Crippen LogP contribution is -2.30. The molecule has 0 spiro atoms. The van der Waals surface area contributed by atoms with Crippen LogP contribution in [0.5, 0.6) is 0 Å². The van der Waals surface area contributed by atoms with Gasteiger partial charge in [-0.25, -0.2) is 0 Å². The lowest BCUT2D eigenvalue weighted by atomic mass is 10.3. The van der Waals surface area contributed by atoms with Crippen molar-refractivity contribution in [3.63, 3.8) is 0 Å². The first-order valence-electron chi connectivity index (χ1n) is 4.32. The van der Waals surface area contributed by atoms with Gasteiger partial charge in [-0.05, 0) is 19.2 Å². The molecule has 0 bridgehead atoms. The summed E-state index contributed by atoms with van der Waals surface area (Å²) in [5, 5.41) is 0. The zero-order chi connectivity index (χ0) is 11.5. The van der Waals surface area contributed by atoms with Gasteiger partial charge in [0.25, 0.3) is 0 Å². The maximum atomic E-state index is 12.0. The van der Waals surface area contributed by atoms with Crippen molar-refractivity contribution in [1.82, 2.24) is 9.88 Å². The fraction of sp³-hybridized carbons (Fsp3) is 0.444. The Morgan fingerprint density at radius 2 is 2.07 bits per heavy atom. The van der Waals surface area contributed by atoms with Crippen LogP contribution in [0.4, 0.5) is 18.9 Å². The molecule has 2 N–H and O–H groups in total. The van der Waals surface area contributed by atoms with Gasteiger partial charge in [-0.2, -0.15) is 13.2 Å². The van der Waals surface area contributed by atoms with Crippen molar-refractivity contribution >= 4 is 5.69 Å². The second-order valence-corrected chi connectivity index (χ2v) is 3.37. The molecule has 0 amide bonds. The predicted molar refractivity (Wildman–Crippen MR) is 51.0 cm³/mol. The highest BCUT2D eigenvalue weighted by molar-refractivity contribution is 5.34. The average Bonchev–Trinajstić information content (AvgIpc) is 2.05. The first kappa shape index (κ1) is 11.8. The van der Waals surface area contributed by atoms with Gasteiger partial charge in [0, 0.05) is 6.54 Å². The number of pyridine rings is 1. The summed E-state index contributed by atoms with van der Waals surface area (Å²) in [4.78, 5) is 5.07. The van der Waals surface area contributed by atoms with Crippen LogP contribution in [0.2, 0.25) is 0 Å². The lowest BCUT2D eigenvalue weighted by Gasteiger charge is -2.17. The molecule has 0 saturated heterocycles. The Bertz CT molecular complexity index is 307. The first-order valence-corrected chi connectivity index (χ1v) is 4.32. The van der Waals surface area contributed by atoms with E-state index in [0.29, 0.717) is 11.4 Å². The van der Waals surface area contributed by atoms with Crippen LogP contribution in [-0.2, 0) is 6.54 Å². The molecule has 1 heterocycles. The van der Waals surface area contributed by atoms with E-state index in [1.807, 2.05) is 0 Å². The Balaban J connectivity index is 2.51. The molecule has 1 aromatic rings. The Kier molecular flexibility index (Phi) is 3.52. The lowest BCUT2D eigenvalue weighted by molar-refractivity contribution is -0.144. The number of hydrogen-bond donors (Lipinski definition) is 1. The van der Waals surface area contributed by atoms with E-state index in [4.69, 9.17) is 5.73 Å². The molecule has 0 radical (unpaired) electrons. The highest BCUT2D eigenvalue weighted by Crippen LogP contribution is 2.16. The molecule has 0 aromatic carbocycles. The molecule has 0 aliphatic rings. The van der Waals surface area contributed by atoms with E-state index < -0.39 is 12.7 Å². The molecule has 0 aliphatic carbocycles. The quantitative estimate of drug-likeness (QED) is 0.840. The summed E-state index contributed by atoms with van der Waals surface area (Å²) in [5.41, 5.74) is 6.47. The molecule has 6 heteroatoms. The molecule has 1 rings (SSSR count). The summed E-state index contributed by atoms with van der Waals surface area (Å²) in [7, 11) is 1.39. The maximum Gasteiger partial charge on any atom is 0.401 e. The van der Waals surface area contributed by atoms with Crippen molar-refractivity contribution < 1.29 is 13.2 Å². The Labute approximate surface area is 85.7 Å². The summed E-state index contributed by atoms with van der Waals surface area (Å²) in [6.07, 6.45) is -2.75. The third-order valence-corrected chi connectivity index (χ3v) is 1.73. The van der Waals surface area contributed by atoms with Gasteiger partial charge in [-0.3, -0.25) is 9.88 Å². The van der Waals surface area contributed by atoms with E-state index in [0.717, 1.165) is 4.90 Å². The summed E-state index contributed by atoms with van der Waals surface area (Å²) < 4.78 is 36.0. The number of nitrogens with zero attached hydrogens (tertiary/aromatic N) is 2. The minimum atomic E-state index is -4.18. The van der Waals surface area contributed by atoms with E-state index >= 15 is 0 Å². The van der Waals surface area contributed by atoms with Crippen molar-refractivity contribution in [2.45, 2.75) is 12.7 Å². The van der Waals surface area contributed by atoms with Gasteiger partial charge in [0.1, 0.15) is 0 Å². The number of rotatable bonds is 3. The number of halogens is 3. The van der Waals surface area contributed by atoms with Crippen molar-refractivity contribution in [3.8, 4) is 0 Å². The van der Waals surface area contributed by atoms with E-state index in [1.165, 1.54) is 13.2 Å². The SMILES string of the molecule is CN(Cc1ccc(N)cn1)CC(F)(F)F. The van der Waals surface area contributed by atoms with Crippen molar-refractivity contribution in [1.29, 1.82) is 0 Å².